The number of carbonyl (C=O) groups is 3. The van der Waals surface area contributed by atoms with E-state index in [-0.39, 0.29) is 37.8 Å². The van der Waals surface area contributed by atoms with Crippen molar-refractivity contribution in [3.8, 4) is 11.5 Å². The van der Waals surface area contributed by atoms with Gasteiger partial charge in [0.25, 0.3) is 5.89 Å². The fourth-order valence-corrected chi connectivity index (χ4v) is 6.14. The molecule has 4 aromatic carbocycles. The predicted octanol–water partition coefficient (Wildman–Crippen LogP) is 6.50. The monoisotopic (exact) mass is 694 g/mol. The van der Waals surface area contributed by atoms with Gasteiger partial charge in [-0.15, -0.1) is 0 Å². The number of hydrogen-bond acceptors (Lipinski definition) is 8. The van der Waals surface area contributed by atoms with Gasteiger partial charge < -0.3 is 29.8 Å². The van der Waals surface area contributed by atoms with Crippen LogP contribution < -0.4 is 15.8 Å². The number of nitrogens with one attached hydrogen (secondary N) is 1. The van der Waals surface area contributed by atoms with Crippen LogP contribution in [0.3, 0.4) is 0 Å². The molecule has 3 atom stereocenters. The predicted molar refractivity (Wildman–Crippen MR) is 190 cm³/mol. The summed E-state index contributed by atoms with van der Waals surface area (Å²) >= 11 is 6.05. The van der Waals surface area contributed by atoms with E-state index in [9.17, 15) is 14.4 Å². The number of ether oxygens (including phenoxy) is 2. The van der Waals surface area contributed by atoms with Crippen molar-refractivity contribution in [1.82, 2.24) is 15.2 Å². The summed E-state index contributed by atoms with van der Waals surface area (Å²) in [5, 5.41) is 3.55. The number of amides is 2. The average Bonchev–Trinajstić information content (AvgIpc) is 3.77. The van der Waals surface area contributed by atoms with Crippen LogP contribution in [0.1, 0.15) is 47.5 Å². The molecular weight excluding hydrogens is 656 g/mol. The summed E-state index contributed by atoms with van der Waals surface area (Å²) in [5.74, 6) is 0.0724. The second-order valence-corrected chi connectivity index (χ2v) is 12.7. The quantitative estimate of drug-likeness (QED) is 0.0937. The summed E-state index contributed by atoms with van der Waals surface area (Å²) in [4.78, 5) is 47.6. The van der Waals surface area contributed by atoms with E-state index in [2.05, 4.69) is 10.3 Å². The number of fused-ring (bicyclic) bond motifs is 1. The molecule has 1 saturated heterocycles. The Labute approximate surface area is 295 Å². The second kappa shape index (κ2) is 16.6. The first-order valence-corrected chi connectivity index (χ1v) is 17.1. The number of nitrogens with zero attached hydrogens (tertiary/aromatic N) is 2. The molecule has 2 heterocycles. The lowest BCUT2D eigenvalue weighted by molar-refractivity contribution is -0.138. The van der Waals surface area contributed by atoms with E-state index in [0.29, 0.717) is 53.4 Å². The zero-order valence-electron chi connectivity index (χ0n) is 27.5. The van der Waals surface area contributed by atoms with Crippen molar-refractivity contribution in [2.24, 2.45) is 5.73 Å². The smallest absolute Gasteiger partial charge is 0.266 e. The molecule has 258 valence electrons. The van der Waals surface area contributed by atoms with Crippen molar-refractivity contribution in [1.29, 1.82) is 0 Å². The van der Waals surface area contributed by atoms with Crippen LogP contribution in [-0.4, -0.2) is 58.8 Å². The van der Waals surface area contributed by atoms with Crippen LogP contribution in [0.5, 0.6) is 11.5 Å². The average molecular weight is 695 g/mol. The number of ketones is 1. The number of rotatable bonds is 15. The molecule has 5 aromatic rings. The first kappa shape index (κ1) is 34.8. The number of benzene rings is 4. The number of para-hydroxylation sites is 3. The van der Waals surface area contributed by atoms with Crippen molar-refractivity contribution < 1.29 is 28.3 Å². The molecule has 1 fully saturated rings. The SMILES string of the molecule is NCCCC[C@H](NC(=O)[C@@H]1C[C@@H](OCc2ccc(Cl)cc2)CN1C(=O)Cc1cccc(Oc2ccccc2)c1)C(=O)c1nc2ccccc2o1. The van der Waals surface area contributed by atoms with Crippen LogP contribution in [-0.2, 0) is 27.4 Å². The van der Waals surface area contributed by atoms with Gasteiger partial charge in [0.05, 0.1) is 25.2 Å². The molecule has 0 unspecified atom stereocenters. The summed E-state index contributed by atoms with van der Waals surface area (Å²) in [6, 6.07) is 29.3. The Morgan fingerprint density at radius 1 is 0.920 bits per heavy atom. The molecule has 11 heteroatoms. The van der Waals surface area contributed by atoms with E-state index in [1.54, 1.807) is 35.2 Å². The summed E-state index contributed by atoms with van der Waals surface area (Å²) in [6.07, 6.45) is 1.51. The zero-order chi connectivity index (χ0) is 34.9. The van der Waals surface area contributed by atoms with Gasteiger partial charge >= 0.3 is 0 Å². The van der Waals surface area contributed by atoms with Gasteiger partial charge in [0, 0.05) is 18.0 Å². The lowest BCUT2D eigenvalue weighted by Gasteiger charge is -2.26. The van der Waals surface area contributed by atoms with E-state index in [1.165, 1.54) is 0 Å². The lowest BCUT2D eigenvalue weighted by atomic mass is 10.0. The van der Waals surface area contributed by atoms with Gasteiger partial charge in [0.1, 0.15) is 23.1 Å². The van der Waals surface area contributed by atoms with Crippen molar-refractivity contribution >= 4 is 40.3 Å². The van der Waals surface area contributed by atoms with E-state index in [1.807, 2.05) is 72.8 Å². The first-order valence-electron chi connectivity index (χ1n) is 16.7. The Balaban J connectivity index is 1.19. The third-order valence-corrected chi connectivity index (χ3v) is 8.85. The van der Waals surface area contributed by atoms with E-state index >= 15 is 0 Å². The van der Waals surface area contributed by atoms with Crippen LogP contribution in [0.15, 0.2) is 108 Å². The number of oxazole rings is 1. The second-order valence-electron chi connectivity index (χ2n) is 12.3. The molecule has 10 nitrogen and oxygen atoms in total. The Morgan fingerprint density at radius 3 is 2.46 bits per heavy atom. The molecule has 0 spiro atoms. The number of carbonyl (C=O) groups excluding carboxylic acids is 3. The zero-order valence-corrected chi connectivity index (χ0v) is 28.3. The Bertz CT molecular complexity index is 1880. The van der Waals surface area contributed by atoms with Gasteiger partial charge in [-0.3, -0.25) is 14.4 Å². The highest BCUT2D eigenvalue weighted by atomic mass is 35.5. The van der Waals surface area contributed by atoms with Gasteiger partial charge in [-0.25, -0.2) is 4.98 Å². The minimum Gasteiger partial charge on any atom is -0.457 e. The van der Waals surface area contributed by atoms with Gasteiger partial charge in [0.15, 0.2) is 5.58 Å². The summed E-state index contributed by atoms with van der Waals surface area (Å²) in [7, 11) is 0. The van der Waals surface area contributed by atoms with Crippen molar-refractivity contribution in [3.05, 3.63) is 125 Å². The van der Waals surface area contributed by atoms with Crippen molar-refractivity contribution in [3.63, 3.8) is 0 Å². The fraction of sp³-hybridized carbons (Fsp3) is 0.282. The maximum absolute atomic E-state index is 14.1. The Morgan fingerprint density at radius 2 is 1.68 bits per heavy atom. The molecule has 1 aliphatic rings. The first-order chi connectivity index (χ1) is 24.4. The minimum absolute atomic E-state index is 0.0431. The normalized spacial score (nSPS) is 16.3. The summed E-state index contributed by atoms with van der Waals surface area (Å²) < 4.78 is 17.9. The highest BCUT2D eigenvalue weighted by Gasteiger charge is 2.41. The minimum atomic E-state index is -0.917. The molecule has 0 saturated carbocycles. The van der Waals surface area contributed by atoms with E-state index < -0.39 is 29.9 Å². The van der Waals surface area contributed by atoms with E-state index in [4.69, 9.17) is 31.2 Å². The topological polar surface area (TPSA) is 137 Å². The number of aromatic nitrogens is 1. The molecule has 6 rings (SSSR count). The number of halogens is 1. The third kappa shape index (κ3) is 8.95. The molecule has 0 radical (unpaired) electrons. The van der Waals surface area contributed by atoms with Gasteiger partial charge in [-0.2, -0.15) is 0 Å². The maximum atomic E-state index is 14.1. The van der Waals surface area contributed by atoms with Crippen molar-refractivity contribution in [2.75, 3.05) is 13.1 Å². The van der Waals surface area contributed by atoms with Crippen LogP contribution in [0, 0.1) is 0 Å². The van der Waals surface area contributed by atoms with Crippen LogP contribution in [0.2, 0.25) is 5.02 Å². The molecular formula is C39H39ClN4O6. The molecule has 3 N–H and O–H groups in total. The maximum Gasteiger partial charge on any atom is 0.266 e. The molecule has 1 aromatic heterocycles. The third-order valence-electron chi connectivity index (χ3n) is 8.60. The fourth-order valence-electron chi connectivity index (χ4n) is 6.01. The molecule has 0 bridgehead atoms. The van der Waals surface area contributed by atoms with Crippen LogP contribution in [0.25, 0.3) is 11.1 Å². The number of Topliss-reactive ketones (excluding diaryl/α,β-unsaturated/α-hetero) is 1. The molecule has 1 aliphatic heterocycles. The number of nitrogens with two attached hydrogens (primary N) is 1. The van der Waals surface area contributed by atoms with E-state index in [0.717, 1.165) is 11.1 Å². The summed E-state index contributed by atoms with van der Waals surface area (Å²) in [5.41, 5.74) is 8.42. The Kier molecular flexibility index (Phi) is 11.5. The molecule has 2 amide bonds. The largest absolute Gasteiger partial charge is 0.457 e. The van der Waals surface area contributed by atoms with Crippen LogP contribution >= 0.6 is 11.6 Å². The number of likely N-dealkylation sites (tertiary alicyclic amines) is 1. The van der Waals surface area contributed by atoms with Crippen molar-refractivity contribution in [2.45, 2.75) is 56.9 Å². The number of unbranched alkanes of at least 4 members (excludes halogenated alkanes) is 1. The van der Waals surface area contributed by atoms with Crippen LogP contribution in [0.4, 0.5) is 0 Å². The van der Waals surface area contributed by atoms with Gasteiger partial charge in [-0.05, 0) is 85.5 Å². The van der Waals surface area contributed by atoms with Gasteiger partial charge in [-0.1, -0.05) is 66.2 Å². The highest BCUT2D eigenvalue weighted by Crippen LogP contribution is 2.26. The highest BCUT2D eigenvalue weighted by molar-refractivity contribution is 6.30. The van der Waals surface area contributed by atoms with Gasteiger partial charge in [0.2, 0.25) is 17.6 Å². The molecule has 0 aliphatic carbocycles. The number of hydrogen-bond donors (Lipinski definition) is 2. The molecule has 50 heavy (non-hydrogen) atoms. The Hall–Kier alpha value is -5.03. The lowest BCUT2D eigenvalue weighted by Crippen LogP contribution is -2.51. The summed E-state index contributed by atoms with van der Waals surface area (Å²) in [6.45, 7) is 0.948. The standard InChI is InChI=1S/C39H39ClN4O6/c40-28-18-16-26(17-19-28)25-48-31-23-34(44(24-31)36(45)22-27-9-8-12-30(21-27)49-29-10-2-1-3-11-29)38(47)42-33(14-6-7-20-41)37(46)39-43-32-13-4-5-15-35(32)50-39/h1-5,8-13,15-19,21,31,33-34H,6-7,14,20,22-25,41H2,(H,42,47)/t31-,33+,34+/m1/s1.